The van der Waals surface area contributed by atoms with E-state index in [2.05, 4.69) is 12.2 Å². The fourth-order valence-electron chi connectivity index (χ4n) is 2.36. The third-order valence-electron chi connectivity index (χ3n) is 3.14. The van der Waals surface area contributed by atoms with E-state index in [9.17, 15) is 4.79 Å². The summed E-state index contributed by atoms with van der Waals surface area (Å²) < 4.78 is 0. The molecule has 0 aromatic heterocycles. The van der Waals surface area contributed by atoms with Gasteiger partial charge in [0.1, 0.15) is 0 Å². The standard InChI is InChI=1S/C11H21NO2/c1-8(7-11(13)14)12-9(2)10-5-3-4-6-10/h8-10,12H,3-7H2,1-2H3,(H,13,14). The lowest BCUT2D eigenvalue weighted by molar-refractivity contribution is -0.137. The first-order valence-corrected chi connectivity index (χ1v) is 5.57. The molecular weight excluding hydrogens is 178 g/mol. The summed E-state index contributed by atoms with van der Waals surface area (Å²) in [5, 5.41) is 12.0. The number of carbonyl (C=O) groups is 1. The molecule has 14 heavy (non-hydrogen) atoms. The Balaban J connectivity index is 2.24. The van der Waals surface area contributed by atoms with Crippen LogP contribution < -0.4 is 5.32 Å². The first-order valence-electron chi connectivity index (χ1n) is 5.57. The third kappa shape index (κ3) is 3.66. The van der Waals surface area contributed by atoms with E-state index in [0.717, 1.165) is 5.92 Å². The molecule has 0 heterocycles. The number of hydrogen-bond donors (Lipinski definition) is 2. The molecule has 0 saturated heterocycles. The van der Waals surface area contributed by atoms with Crippen molar-refractivity contribution in [3.63, 3.8) is 0 Å². The molecule has 2 atom stereocenters. The number of nitrogens with one attached hydrogen (secondary N) is 1. The quantitative estimate of drug-likeness (QED) is 0.712. The van der Waals surface area contributed by atoms with Crippen LogP contribution in [0.15, 0.2) is 0 Å². The Labute approximate surface area is 85.9 Å². The van der Waals surface area contributed by atoms with Crippen LogP contribution >= 0.6 is 0 Å². The molecule has 1 fully saturated rings. The summed E-state index contributed by atoms with van der Waals surface area (Å²) in [4.78, 5) is 10.5. The van der Waals surface area contributed by atoms with Gasteiger partial charge in [-0.25, -0.2) is 0 Å². The van der Waals surface area contributed by atoms with E-state index >= 15 is 0 Å². The van der Waals surface area contributed by atoms with Gasteiger partial charge in [0, 0.05) is 12.1 Å². The third-order valence-corrected chi connectivity index (χ3v) is 3.14. The van der Waals surface area contributed by atoms with E-state index in [1.165, 1.54) is 25.7 Å². The van der Waals surface area contributed by atoms with Crippen LogP contribution in [-0.2, 0) is 4.79 Å². The number of hydrogen-bond acceptors (Lipinski definition) is 2. The Kier molecular flexibility index (Phi) is 4.39. The van der Waals surface area contributed by atoms with Gasteiger partial charge in [-0.3, -0.25) is 4.79 Å². The van der Waals surface area contributed by atoms with Gasteiger partial charge in [0.25, 0.3) is 0 Å². The van der Waals surface area contributed by atoms with Crippen molar-refractivity contribution in [2.24, 2.45) is 5.92 Å². The van der Waals surface area contributed by atoms with Crippen LogP contribution in [0.2, 0.25) is 0 Å². The normalized spacial score (nSPS) is 22.1. The van der Waals surface area contributed by atoms with Crippen LogP contribution in [0.5, 0.6) is 0 Å². The molecule has 0 radical (unpaired) electrons. The maximum Gasteiger partial charge on any atom is 0.304 e. The molecule has 1 saturated carbocycles. The van der Waals surface area contributed by atoms with Crippen LogP contribution in [0, 0.1) is 5.92 Å². The van der Waals surface area contributed by atoms with Crippen molar-refractivity contribution >= 4 is 5.97 Å². The Bertz CT molecular complexity index is 188. The number of carboxylic acid groups (broad SMARTS) is 1. The number of aliphatic carboxylic acids is 1. The summed E-state index contributed by atoms with van der Waals surface area (Å²) in [6, 6.07) is 0.551. The monoisotopic (exact) mass is 199 g/mol. The largest absolute Gasteiger partial charge is 0.481 e. The van der Waals surface area contributed by atoms with Crippen molar-refractivity contribution in [2.45, 2.75) is 58.0 Å². The Morgan fingerprint density at radius 1 is 1.43 bits per heavy atom. The molecule has 0 aromatic carbocycles. The van der Waals surface area contributed by atoms with Crippen molar-refractivity contribution in [3.05, 3.63) is 0 Å². The number of carboxylic acids is 1. The van der Waals surface area contributed by atoms with Gasteiger partial charge in [-0.05, 0) is 32.6 Å². The Morgan fingerprint density at radius 2 is 2.00 bits per heavy atom. The predicted octanol–water partition coefficient (Wildman–Crippen LogP) is 2.02. The minimum atomic E-state index is -0.719. The van der Waals surface area contributed by atoms with Gasteiger partial charge in [0.2, 0.25) is 0 Å². The molecule has 2 unspecified atom stereocenters. The first-order chi connectivity index (χ1) is 6.59. The fourth-order valence-corrected chi connectivity index (χ4v) is 2.36. The molecule has 1 aliphatic rings. The van der Waals surface area contributed by atoms with E-state index < -0.39 is 5.97 Å². The zero-order valence-corrected chi connectivity index (χ0v) is 9.12. The van der Waals surface area contributed by atoms with Gasteiger partial charge in [0.05, 0.1) is 6.42 Å². The zero-order valence-electron chi connectivity index (χ0n) is 9.12. The summed E-state index contributed by atoms with van der Waals surface area (Å²) in [5.41, 5.74) is 0. The van der Waals surface area contributed by atoms with Gasteiger partial charge in [0.15, 0.2) is 0 Å². The van der Waals surface area contributed by atoms with Crippen molar-refractivity contribution in [2.75, 3.05) is 0 Å². The van der Waals surface area contributed by atoms with E-state index in [1.807, 2.05) is 6.92 Å². The smallest absolute Gasteiger partial charge is 0.304 e. The van der Waals surface area contributed by atoms with Crippen LogP contribution in [-0.4, -0.2) is 23.2 Å². The zero-order chi connectivity index (χ0) is 10.6. The van der Waals surface area contributed by atoms with Crippen molar-refractivity contribution in [3.8, 4) is 0 Å². The SMILES string of the molecule is CC(CC(=O)O)NC(C)C1CCCC1. The van der Waals surface area contributed by atoms with E-state index in [0.29, 0.717) is 6.04 Å². The van der Waals surface area contributed by atoms with Crippen LogP contribution in [0.1, 0.15) is 46.0 Å². The Morgan fingerprint density at radius 3 is 2.50 bits per heavy atom. The minimum absolute atomic E-state index is 0.0862. The molecule has 1 rings (SSSR count). The lowest BCUT2D eigenvalue weighted by Gasteiger charge is -2.23. The fraction of sp³-hybridized carbons (Fsp3) is 0.909. The van der Waals surface area contributed by atoms with Crippen LogP contribution in [0.25, 0.3) is 0 Å². The molecule has 3 heteroatoms. The molecule has 82 valence electrons. The molecule has 3 nitrogen and oxygen atoms in total. The van der Waals surface area contributed by atoms with E-state index in [-0.39, 0.29) is 12.5 Å². The maximum absolute atomic E-state index is 10.5. The first kappa shape index (κ1) is 11.5. The van der Waals surface area contributed by atoms with Gasteiger partial charge in [-0.1, -0.05) is 12.8 Å². The summed E-state index contributed by atoms with van der Waals surface area (Å²) in [5.74, 6) is 0.0369. The molecule has 0 spiro atoms. The Hall–Kier alpha value is -0.570. The topological polar surface area (TPSA) is 49.3 Å². The van der Waals surface area contributed by atoms with Crippen molar-refractivity contribution in [1.82, 2.24) is 5.32 Å². The molecule has 0 amide bonds. The van der Waals surface area contributed by atoms with Gasteiger partial charge in [-0.2, -0.15) is 0 Å². The van der Waals surface area contributed by atoms with E-state index in [1.54, 1.807) is 0 Å². The molecule has 0 aromatic rings. The summed E-state index contributed by atoms with van der Waals surface area (Å²) >= 11 is 0. The molecular formula is C11H21NO2. The highest BCUT2D eigenvalue weighted by atomic mass is 16.4. The molecule has 0 aliphatic heterocycles. The van der Waals surface area contributed by atoms with E-state index in [4.69, 9.17) is 5.11 Å². The van der Waals surface area contributed by atoms with Gasteiger partial charge >= 0.3 is 5.97 Å². The second-order valence-electron chi connectivity index (χ2n) is 4.50. The average Bonchev–Trinajstić information content (AvgIpc) is 2.53. The lowest BCUT2D eigenvalue weighted by atomic mass is 9.99. The minimum Gasteiger partial charge on any atom is -0.481 e. The highest BCUT2D eigenvalue weighted by Crippen LogP contribution is 2.27. The second kappa shape index (κ2) is 5.35. The average molecular weight is 199 g/mol. The summed E-state index contributed by atoms with van der Waals surface area (Å²) in [7, 11) is 0. The van der Waals surface area contributed by atoms with Crippen molar-refractivity contribution in [1.29, 1.82) is 0 Å². The van der Waals surface area contributed by atoms with Crippen LogP contribution in [0.3, 0.4) is 0 Å². The predicted molar refractivity (Wildman–Crippen MR) is 56.3 cm³/mol. The molecule has 1 aliphatic carbocycles. The molecule has 0 bridgehead atoms. The second-order valence-corrected chi connectivity index (χ2v) is 4.50. The van der Waals surface area contributed by atoms with Gasteiger partial charge < -0.3 is 10.4 Å². The highest BCUT2D eigenvalue weighted by molar-refractivity contribution is 5.67. The summed E-state index contributed by atoms with van der Waals surface area (Å²) in [6.45, 7) is 4.12. The van der Waals surface area contributed by atoms with Gasteiger partial charge in [-0.15, -0.1) is 0 Å². The highest BCUT2D eigenvalue weighted by Gasteiger charge is 2.22. The molecule has 2 N–H and O–H groups in total. The van der Waals surface area contributed by atoms with Crippen LogP contribution in [0.4, 0.5) is 0 Å². The lowest BCUT2D eigenvalue weighted by Crippen LogP contribution is -2.39. The number of rotatable bonds is 5. The van der Waals surface area contributed by atoms with Crippen molar-refractivity contribution < 1.29 is 9.90 Å². The summed E-state index contributed by atoms with van der Waals surface area (Å²) in [6.07, 6.45) is 5.49. The maximum atomic E-state index is 10.5.